The molecule has 0 aromatic carbocycles. The molecule has 0 heterocycles. The van der Waals surface area contributed by atoms with Crippen LogP contribution in [-0.4, -0.2) is 15.7 Å². The maximum absolute atomic E-state index is 12.6. The Morgan fingerprint density at radius 1 is 1.00 bits per heavy atom. The number of hydrogen-bond donors (Lipinski definition) is 0. The maximum Gasteiger partial charge on any atom is 0.207 e. The summed E-state index contributed by atoms with van der Waals surface area (Å²) in [4.78, 5) is 12.6. The first-order valence-corrected chi connectivity index (χ1v) is 16.7. The number of rotatable bonds is 11. The summed E-state index contributed by atoms with van der Waals surface area (Å²) in [6.45, 7) is 9.72. The van der Waals surface area contributed by atoms with E-state index < -0.39 is 0 Å². The molecule has 0 aromatic rings. The molecule has 0 bridgehead atoms. The molecular formula is C32H53ClOS. The lowest BCUT2D eigenvalue weighted by atomic mass is 9.47. The van der Waals surface area contributed by atoms with E-state index in [0.717, 1.165) is 42.9 Å². The number of alkyl halides is 1. The number of allylic oxidation sites excluding steroid dienone is 2. The fourth-order valence-corrected chi connectivity index (χ4v) is 10.6. The quantitative estimate of drug-likeness (QED) is 0.153. The Hall–Kier alpha value is 0.0500. The van der Waals surface area contributed by atoms with Crippen LogP contribution in [0.4, 0.5) is 0 Å². The van der Waals surface area contributed by atoms with Crippen LogP contribution in [0.15, 0.2) is 11.6 Å². The fraction of sp³-hybridized carbons (Fsp3) is 0.906. The summed E-state index contributed by atoms with van der Waals surface area (Å²) in [5, 5.41) is 0.358. The minimum Gasteiger partial charge on any atom is -0.286 e. The van der Waals surface area contributed by atoms with Gasteiger partial charge in [0.05, 0.1) is 0 Å². The molecule has 0 N–H and O–H groups in total. The second-order valence-corrected chi connectivity index (χ2v) is 15.0. The molecule has 0 amide bonds. The highest BCUT2D eigenvalue weighted by Crippen LogP contribution is 2.67. The third-order valence-electron chi connectivity index (χ3n) is 11.2. The molecule has 0 radical (unpaired) electrons. The molecule has 0 spiro atoms. The van der Waals surface area contributed by atoms with Gasteiger partial charge in [-0.25, -0.2) is 0 Å². The van der Waals surface area contributed by atoms with Crippen molar-refractivity contribution in [1.82, 2.24) is 0 Å². The Balaban J connectivity index is 1.36. The van der Waals surface area contributed by atoms with Crippen LogP contribution in [0.25, 0.3) is 0 Å². The van der Waals surface area contributed by atoms with Crippen molar-refractivity contribution in [2.75, 3.05) is 0 Å². The first kappa shape index (κ1) is 28.1. The Morgan fingerprint density at radius 2 is 1.77 bits per heavy atom. The van der Waals surface area contributed by atoms with Crippen LogP contribution in [0, 0.1) is 34.5 Å². The first-order valence-electron chi connectivity index (χ1n) is 15.4. The lowest BCUT2D eigenvalue weighted by Gasteiger charge is -2.58. The van der Waals surface area contributed by atoms with Gasteiger partial charge in [-0.3, -0.25) is 4.79 Å². The topological polar surface area (TPSA) is 17.1 Å². The molecule has 0 aliphatic heterocycles. The third kappa shape index (κ3) is 5.89. The largest absolute Gasteiger partial charge is 0.286 e. The van der Waals surface area contributed by atoms with Gasteiger partial charge in [-0.1, -0.05) is 96.1 Å². The van der Waals surface area contributed by atoms with Crippen LogP contribution in [-0.2, 0) is 4.79 Å². The smallest absolute Gasteiger partial charge is 0.207 e. The summed E-state index contributed by atoms with van der Waals surface area (Å²) >= 11 is 7.93. The summed E-state index contributed by atoms with van der Waals surface area (Å²) in [5.41, 5.74) is 2.67. The van der Waals surface area contributed by atoms with E-state index in [2.05, 4.69) is 33.8 Å². The second kappa shape index (κ2) is 12.3. The molecular weight excluding hydrogens is 468 g/mol. The molecule has 4 aliphatic rings. The average molecular weight is 521 g/mol. The zero-order valence-electron chi connectivity index (χ0n) is 23.3. The second-order valence-electron chi connectivity index (χ2n) is 13.2. The van der Waals surface area contributed by atoms with Crippen molar-refractivity contribution in [1.29, 1.82) is 0 Å². The van der Waals surface area contributed by atoms with Gasteiger partial charge in [0, 0.05) is 5.25 Å². The molecule has 1 nitrogen and oxygen atoms in total. The number of unbranched alkanes of at least 4 members (excludes halogenated alkanes) is 5. The van der Waals surface area contributed by atoms with E-state index in [-0.39, 0.29) is 10.5 Å². The molecule has 3 fully saturated rings. The van der Waals surface area contributed by atoms with Gasteiger partial charge in [-0.15, -0.1) is 11.6 Å². The van der Waals surface area contributed by atoms with Crippen LogP contribution >= 0.6 is 23.4 Å². The van der Waals surface area contributed by atoms with Crippen molar-refractivity contribution in [3.05, 3.63) is 11.6 Å². The van der Waals surface area contributed by atoms with Gasteiger partial charge >= 0.3 is 0 Å². The van der Waals surface area contributed by atoms with Crippen LogP contribution in [0.5, 0.6) is 0 Å². The van der Waals surface area contributed by atoms with E-state index in [1.807, 2.05) is 0 Å². The number of thioether (sulfide) groups is 1. The maximum atomic E-state index is 12.6. The van der Waals surface area contributed by atoms with Crippen molar-refractivity contribution in [2.24, 2.45) is 34.5 Å². The van der Waals surface area contributed by atoms with E-state index >= 15 is 0 Å². The number of halogens is 1. The Labute approximate surface area is 226 Å². The lowest BCUT2D eigenvalue weighted by Crippen LogP contribution is -2.50. The highest BCUT2D eigenvalue weighted by Gasteiger charge is 2.58. The monoisotopic (exact) mass is 520 g/mol. The van der Waals surface area contributed by atoms with Crippen molar-refractivity contribution >= 4 is 28.5 Å². The molecule has 4 rings (SSSR count). The van der Waals surface area contributed by atoms with Crippen LogP contribution in [0.1, 0.15) is 137 Å². The molecule has 35 heavy (non-hydrogen) atoms. The van der Waals surface area contributed by atoms with E-state index in [1.165, 1.54) is 89.9 Å². The van der Waals surface area contributed by atoms with Gasteiger partial charge in [0.25, 0.3) is 0 Å². The van der Waals surface area contributed by atoms with Crippen molar-refractivity contribution in [2.45, 2.75) is 147 Å². The Bertz CT molecular complexity index is 748. The van der Waals surface area contributed by atoms with Gasteiger partial charge < -0.3 is 0 Å². The molecule has 4 aliphatic carbocycles. The minimum absolute atomic E-state index is 0.215. The summed E-state index contributed by atoms with van der Waals surface area (Å²) < 4.78 is 0. The molecule has 8 atom stereocenters. The molecule has 3 heteroatoms. The zero-order valence-corrected chi connectivity index (χ0v) is 24.8. The average Bonchev–Trinajstić information content (AvgIpc) is 3.18. The molecule has 0 aromatic heterocycles. The highest BCUT2D eigenvalue weighted by atomic mass is 35.5. The highest BCUT2D eigenvalue weighted by molar-refractivity contribution is 8.14. The fourth-order valence-electron chi connectivity index (χ4n) is 9.09. The molecule has 0 unspecified atom stereocenters. The predicted octanol–water partition coefficient (Wildman–Crippen LogP) is 10.4. The van der Waals surface area contributed by atoms with E-state index in [0.29, 0.717) is 16.1 Å². The van der Waals surface area contributed by atoms with Crippen LogP contribution < -0.4 is 0 Å². The van der Waals surface area contributed by atoms with Crippen molar-refractivity contribution < 1.29 is 4.79 Å². The Morgan fingerprint density at radius 3 is 2.54 bits per heavy atom. The van der Waals surface area contributed by atoms with Crippen LogP contribution in [0.3, 0.4) is 0 Å². The molecule has 200 valence electrons. The predicted molar refractivity (Wildman–Crippen MR) is 154 cm³/mol. The summed E-state index contributed by atoms with van der Waals surface area (Å²) in [5.74, 6) is 3.69. The van der Waals surface area contributed by atoms with Crippen molar-refractivity contribution in [3.8, 4) is 0 Å². The molecule has 0 saturated heterocycles. The summed E-state index contributed by atoms with van der Waals surface area (Å²) in [6, 6.07) is 0. The summed E-state index contributed by atoms with van der Waals surface area (Å²) in [6.07, 6.45) is 25.3. The molecule has 3 saturated carbocycles. The minimum atomic E-state index is -0.300. The van der Waals surface area contributed by atoms with Gasteiger partial charge in [-0.2, -0.15) is 0 Å². The Kier molecular flexibility index (Phi) is 9.84. The van der Waals surface area contributed by atoms with Crippen LogP contribution in [0.2, 0.25) is 0 Å². The lowest BCUT2D eigenvalue weighted by molar-refractivity contribution is -0.110. The number of carbonyl (C=O) groups is 1. The standard InChI is InChI=1S/C32H53ClOS/c1-5-7-8-9-10-11-13-23-15-17-27-26-16-14-24-22-25(35-30(34)29(33)12-6-2)18-20-32(24,4)28(26)19-21-31(23,27)3/h14,23,25-29H,5-13,15-22H2,1-4H3/t23-,25+,26+,27-,28+,29+,31-,32+/m1/s1. The number of hydrogen-bond acceptors (Lipinski definition) is 2. The van der Waals surface area contributed by atoms with Gasteiger partial charge in [0.2, 0.25) is 5.12 Å². The summed E-state index contributed by atoms with van der Waals surface area (Å²) in [7, 11) is 0. The zero-order chi connectivity index (χ0) is 25.1. The first-order chi connectivity index (χ1) is 16.8. The SMILES string of the molecule is CCCCCCCC[C@@H]1CC[C@@H]2[C@@H]3CC=C4C[C@@H](SC(=O)[C@@H](Cl)CCC)CC[C@]4(C)[C@H]3CC[C@]12C. The van der Waals surface area contributed by atoms with E-state index in [4.69, 9.17) is 11.6 Å². The van der Waals surface area contributed by atoms with Crippen molar-refractivity contribution in [3.63, 3.8) is 0 Å². The number of carbonyl (C=O) groups excluding carboxylic acids is 1. The van der Waals surface area contributed by atoms with E-state index in [1.54, 1.807) is 17.3 Å². The van der Waals surface area contributed by atoms with Gasteiger partial charge in [-0.05, 0) is 98.7 Å². The third-order valence-corrected chi connectivity index (χ3v) is 13.0. The van der Waals surface area contributed by atoms with Gasteiger partial charge in [0.1, 0.15) is 5.38 Å². The van der Waals surface area contributed by atoms with Gasteiger partial charge in [0.15, 0.2) is 0 Å². The van der Waals surface area contributed by atoms with E-state index in [9.17, 15) is 4.79 Å². The number of fused-ring (bicyclic) bond motifs is 5. The normalized spacial score (nSPS) is 39.3.